The molecule has 1 fully saturated rings. The van der Waals surface area contributed by atoms with Crippen molar-refractivity contribution in [1.29, 1.82) is 5.26 Å². The summed E-state index contributed by atoms with van der Waals surface area (Å²) in [7, 11) is 0. The summed E-state index contributed by atoms with van der Waals surface area (Å²) in [4.78, 5) is 14.4. The number of aryl methyl sites for hydroxylation is 1. The second kappa shape index (κ2) is 6.84. The molecule has 2 aromatic carbocycles. The van der Waals surface area contributed by atoms with E-state index >= 15 is 0 Å². The number of rotatable bonds is 3. The Kier molecular flexibility index (Phi) is 4.61. The molecule has 3 nitrogen and oxygen atoms in total. The number of benzene rings is 2. The topological polar surface area (TPSA) is 44.1 Å². The van der Waals surface area contributed by atoms with E-state index in [1.54, 1.807) is 48.2 Å². The van der Waals surface area contributed by atoms with Crippen LogP contribution in [0.5, 0.6) is 0 Å². The van der Waals surface area contributed by atoms with Crippen molar-refractivity contribution >= 4 is 5.91 Å². The summed E-state index contributed by atoms with van der Waals surface area (Å²) in [6.07, 6.45) is 1.66. The minimum absolute atomic E-state index is 0.0928. The summed E-state index contributed by atoms with van der Waals surface area (Å²) >= 11 is 0. The maximum absolute atomic E-state index is 13.7. The highest BCUT2D eigenvalue weighted by molar-refractivity contribution is 5.96. The molecule has 1 saturated heterocycles. The van der Waals surface area contributed by atoms with Crippen molar-refractivity contribution in [2.45, 2.75) is 19.8 Å². The van der Waals surface area contributed by atoms with Gasteiger partial charge in [0.15, 0.2) is 0 Å². The van der Waals surface area contributed by atoms with E-state index in [9.17, 15) is 9.18 Å². The quantitative estimate of drug-likeness (QED) is 0.864. The number of carbonyl (C=O) groups excluding carboxylic acids is 1. The highest BCUT2D eigenvalue weighted by Gasteiger charge is 2.28. The van der Waals surface area contributed by atoms with Gasteiger partial charge in [0.05, 0.1) is 17.2 Å². The third-order valence-electron chi connectivity index (χ3n) is 4.61. The summed E-state index contributed by atoms with van der Waals surface area (Å²) in [5.41, 5.74) is 2.48. The van der Waals surface area contributed by atoms with Gasteiger partial charge in [-0.3, -0.25) is 4.79 Å². The lowest BCUT2D eigenvalue weighted by atomic mass is 9.98. The van der Waals surface area contributed by atoms with Crippen LogP contribution in [-0.2, 0) is 6.42 Å². The van der Waals surface area contributed by atoms with Gasteiger partial charge in [0.25, 0.3) is 5.91 Å². The fourth-order valence-corrected chi connectivity index (χ4v) is 3.22. The van der Waals surface area contributed by atoms with Crippen LogP contribution in [0.15, 0.2) is 42.5 Å². The molecule has 1 atom stereocenters. The van der Waals surface area contributed by atoms with Crippen LogP contribution in [-0.4, -0.2) is 23.9 Å². The Bertz CT molecular complexity index is 810. The van der Waals surface area contributed by atoms with Crippen molar-refractivity contribution < 1.29 is 9.18 Å². The molecule has 1 amide bonds. The molecule has 24 heavy (non-hydrogen) atoms. The molecule has 0 radical (unpaired) electrons. The fraction of sp³-hybridized carbons (Fsp3) is 0.300. The lowest BCUT2D eigenvalue weighted by Gasteiger charge is -2.17. The van der Waals surface area contributed by atoms with Gasteiger partial charge in [-0.1, -0.05) is 24.3 Å². The molecule has 0 bridgehead atoms. The molecule has 0 aromatic heterocycles. The Hall–Kier alpha value is -2.67. The smallest absolute Gasteiger partial charge is 0.255 e. The molecule has 1 aliphatic rings. The van der Waals surface area contributed by atoms with Crippen molar-refractivity contribution in [3.63, 3.8) is 0 Å². The number of amides is 1. The third kappa shape index (κ3) is 3.30. The Balaban J connectivity index is 1.68. The average molecular weight is 322 g/mol. The van der Waals surface area contributed by atoms with Crippen LogP contribution in [0.25, 0.3) is 0 Å². The largest absolute Gasteiger partial charge is 0.338 e. The molecule has 0 N–H and O–H groups in total. The Morgan fingerprint density at radius 2 is 2.12 bits per heavy atom. The molecule has 1 aliphatic heterocycles. The maximum Gasteiger partial charge on any atom is 0.255 e. The van der Waals surface area contributed by atoms with Crippen molar-refractivity contribution in [2.75, 3.05) is 13.1 Å². The Labute approximate surface area is 141 Å². The Morgan fingerprint density at radius 3 is 2.88 bits per heavy atom. The number of nitriles is 1. The van der Waals surface area contributed by atoms with E-state index in [2.05, 4.69) is 6.07 Å². The molecular formula is C20H19FN2O. The fourth-order valence-electron chi connectivity index (χ4n) is 3.22. The predicted molar refractivity (Wildman–Crippen MR) is 90.0 cm³/mol. The molecular weight excluding hydrogens is 303 g/mol. The molecule has 122 valence electrons. The van der Waals surface area contributed by atoms with E-state index in [4.69, 9.17) is 5.26 Å². The lowest BCUT2D eigenvalue weighted by molar-refractivity contribution is 0.0787. The van der Waals surface area contributed by atoms with Crippen molar-refractivity contribution in [3.05, 3.63) is 70.5 Å². The lowest BCUT2D eigenvalue weighted by Crippen LogP contribution is -2.29. The number of halogens is 1. The molecule has 0 aliphatic carbocycles. The Morgan fingerprint density at radius 1 is 1.33 bits per heavy atom. The van der Waals surface area contributed by atoms with E-state index < -0.39 is 0 Å². The maximum atomic E-state index is 13.7. The molecule has 4 heteroatoms. The van der Waals surface area contributed by atoms with Gasteiger partial charge in [-0.2, -0.15) is 5.26 Å². The number of likely N-dealkylation sites (tertiary alicyclic amines) is 1. The molecule has 1 heterocycles. The van der Waals surface area contributed by atoms with E-state index in [1.165, 1.54) is 0 Å². The van der Waals surface area contributed by atoms with Crippen LogP contribution in [0.3, 0.4) is 0 Å². The van der Waals surface area contributed by atoms with Gasteiger partial charge < -0.3 is 4.90 Å². The average Bonchev–Trinajstić information content (AvgIpc) is 3.06. The van der Waals surface area contributed by atoms with Crippen LogP contribution in [0.4, 0.5) is 4.39 Å². The molecule has 1 unspecified atom stereocenters. The zero-order valence-electron chi connectivity index (χ0n) is 13.6. The summed E-state index contributed by atoms with van der Waals surface area (Å²) in [6.45, 7) is 3.08. The van der Waals surface area contributed by atoms with E-state index in [0.29, 0.717) is 35.7 Å². The van der Waals surface area contributed by atoms with Crippen LogP contribution in [0.2, 0.25) is 0 Å². The highest BCUT2D eigenvalue weighted by Crippen LogP contribution is 2.24. The minimum Gasteiger partial charge on any atom is -0.338 e. The number of nitrogens with zero attached hydrogens (tertiary/aromatic N) is 2. The first-order valence-corrected chi connectivity index (χ1v) is 8.12. The van der Waals surface area contributed by atoms with Crippen LogP contribution in [0, 0.1) is 30.0 Å². The number of carbonyl (C=O) groups is 1. The molecule has 2 aromatic rings. The summed E-state index contributed by atoms with van der Waals surface area (Å²) in [5.74, 6) is 0.0522. The summed E-state index contributed by atoms with van der Waals surface area (Å²) < 4.78 is 13.7. The first-order valence-electron chi connectivity index (χ1n) is 8.12. The highest BCUT2D eigenvalue weighted by atomic mass is 19.1. The molecule has 3 rings (SSSR count). The van der Waals surface area contributed by atoms with Crippen molar-refractivity contribution in [3.8, 4) is 6.07 Å². The molecule has 0 saturated carbocycles. The van der Waals surface area contributed by atoms with Gasteiger partial charge in [-0.25, -0.2) is 4.39 Å². The first-order chi connectivity index (χ1) is 11.6. The van der Waals surface area contributed by atoms with Gasteiger partial charge in [0, 0.05) is 13.1 Å². The van der Waals surface area contributed by atoms with Gasteiger partial charge in [0.2, 0.25) is 0 Å². The third-order valence-corrected chi connectivity index (χ3v) is 4.61. The number of hydrogen-bond donors (Lipinski definition) is 0. The van der Waals surface area contributed by atoms with Crippen molar-refractivity contribution in [1.82, 2.24) is 4.90 Å². The molecule has 0 spiro atoms. The monoisotopic (exact) mass is 322 g/mol. The van der Waals surface area contributed by atoms with E-state index in [1.807, 2.05) is 6.07 Å². The van der Waals surface area contributed by atoms with E-state index in [0.717, 1.165) is 18.4 Å². The van der Waals surface area contributed by atoms with Gasteiger partial charge in [-0.15, -0.1) is 0 Å². The first kappa shape index (κ1) is 16.2. The normalized spacial score (nSPS) is 16.9. The van der Waals surface area contributed by atoms with Gasteiger partial charge >= 0.3 is 0 Å². The van der Waals surface area contributed by atoms with Gasteiger partial charge in [0.1, 0.15) is 5.82 Å². The number of hydrogen-bond acceptors (Lipinski definition) is 2. The van der Waals surface area contributed by atoms with Gasteiger partial charge in [-0.05, 0) is 55.0 Å². The summed E-state index contributed by atoms with van der Waals surface area (Å²) in [6, 6.07) is 14.3. The van der Waals surface area contributed by atoms with E-state index in [-0.39, 0.29) is 11.7 Å². The zero-order chi connectivity index (χ0) is 17.1. The van der Waals surface area contributed by atoms with Crippen molar-refractivity contribution in [2.24, 2.45) is 5.92 Å². The second-order valence-electron chi connectivity index (χ2n) is 6.35. The van der Waals surface area contributed by atoms with Crippen LogP contribution < -0.4 is 0 Å². The predicted octanol–water partition coefficient (Wildman–Crippen LogP) is 3.71. The standard InChI is InChI=1S/C20H19FN2O/c1-14-6-7-15(11-19(14)21)10-16-8-9-23(13-16)20(24)18-5-3-2-4-17(18)12-22/h2-7,11,16H,8-10,13H2,1H3. The van der Waals surface area contributed by atoms with Crippen LogP contribution in [0.1, 0.15) is 33.5 Å². The SMILES string of the molecule is Cc1ccc(CC2CCN(C(=O)c3ccccc3C#N)C2)cc1F. The van der Waals surface area contributed by atoms with Crippen LogP contribution >= 0.6 is 0 Å². The second-order valence-corrected chi connectivity index (χ2v) is 6.35. The summed E-state index contributed by atoms with van der Waals surface area (Å²) in [5, 5.41) is 9.15. The minimum atomic E-state index is -0.179. The zero-order valence-corrected chi connectivity index (χ0v) is 13.6.